The van der Waals surface area contributed by atoms with E-state index in [9.17, 15) is 14.7 Å². The van der Waals surface area contributed by atoms with Gasteiger partial charge in [-0.15, -0.1) is 0 Å². The molecule has 0 spiro atoms. The lowest BCUT2D eigenvalue weighted by Crippen LogP contribution is -2.46. The third kappa shape index (κ3) is 2.99. The third-order valence-electron chi connectivity index (χ3n) is 5.39. The molecule has 1 N–H and O–H groups in total. The molecule has 2 aromatic carbocycles. The number of para-hydroxylation sites is 1. The Hall–Kier alpha value is -2.66. The molecule has 26 heavy (non-hydrogen) atoms. The van der Waals surface area contributed by atoms with Gasteiger partial charge in [0.1, 0.15) is 0 Å². The minimum absolute atomic E-state index is 0.000988. The average Bonchev–Trinajstić information content (AvgIpc) is 3.17. The molecular weight excluding hydrogens is 330 g/mol. The minimum atomic E-state index is -0.861. The number of anilines is 1. The van der Waals surface area contributed by atoms with Gasteiger partial charge in [-0.05, 0) is 23.6 Å². The third-order valence-corrected chi connectivity index (χ3v) is 5.39. The minimum Gasteiger partial charge on any atom is -0.481 e. The van der Waals surface area contributed by atoms with E-state index < -0.39 is 11.9 Å². The Balaban J connectivity index is 1.65. The van der Waals surface area contributed by atoms with Gasteiger partial charge in [-0.2, -0.15) is 0 Å². The number of carboxylic acid groups (broad SMARTS) is 1. The smallest absolute Gasteiger partial charge is 0.308 e. The van der Waals surface area contributed by atoms with E-state index in [2.05, 4.69) is 0 Å². The van der Waals surface area contributed by atoms with E-state index >= 15 is 0 Å². The summed E-state index contributed by atoms with van der Waals surface area (Å²) in [7, 11) is 0. The molecule has 5 heteroatoms. The molecule has 2 aliphatic rings. The second-order valence-electron chi connectivity index (χ2n) is 6.98. The molecule has 2 aromatic rings. The lowest BCUT2D eigenvalue weighted by atomic mass is 9.86. The number of ether oxygens (including phenoxy) is 1. The summed E-state index contributed by atoms with van der Waals surface area (Å²) in [4.78, 5) is 26.6. The Kier molecular flexibility index (Phi) is 4.47. The van der Waals surface area contributed by atoms with Crippen molar-refractivity contribution in [1.29, 1.82) is 0 Å². The van der Waals surface area contributed by atoms with Crippen molar-refractivity contribution in [2.24, 2.45) is 11.8 Å². The quantitative estimate of drug-likeness (QED) is 0.923. The summed E-state index contributed by atoms with van der Waals surface area (Å²) in [6.07, 6.45) is 0.457. The molecule has 0 bridgehead atoms. The van der Waals surface area contributed by atoms with Gasteiger partial charge in [-0.25, -0.2) is 0 Å². The van der Waals surface area contributed by atoms with Crippen LogP contribution in [0.25, 0.3) is 0 Å². The van der Waals surface area contributed by atoms with Crippen LogP contribution in [-0.2, 0) is 20.7 Å². The number of aliphatic carboxylic acids is 1. The molecule has 1 saturated heterocycles. The highest BCUT2D eigenvalue weighted by molar-refractivity contribution is 5.98. The molecule has 4 rings (SSSR count). The molecule has 5 nitrogen and oxygen atoms in total. The SMILES string of the molecule is O=C(O)C1Cc2ccccc2N(C(=O)C2COCC2c2ccccc2)C1. The first-order valence-corrected chi connectivity index (χ1v) is 8.90. The van der Waals surface area contributed by atoms with E-state index in [1.165, 1.54) is 0 Å². The zero-order valence-corrected chi connectivity index (χ0v) is 14.4. The molecule has 3 atom stereocenters. The number of amides is 1. The van der Waals surface area contributed by atoms with Crippen molar-refractivity contribution in [2.75, 3.05) is 24.7 Å². The van der Waals surface area contributed by atoms with Gasteiger partial charge in [0, 0.05) is 18.2 Å². The van der Waals surface area contributed by atoms with Crippen LogP contribution < -0.4 is 4.90 Å². The van der Waals surface area contributed by atoms with Crippen LogP contribution in [0.15, 0.2) is 54.6 Å². The second kappa shape index (κ2) is 6.92. The van der Waals surface area contributed by atoms with Crippen LogP contribution in [-0.4, -0.2) is 36.7 Å². The number of hydrogen-bond acceptors (Lipinski definition) is 3. The zero-order valence-electron chi connectivity index (χ0n) is 14.4. The first kappa shape index (κ1) is 16.8. The maximum absolute atomic E-state index is 13.4. The highest BCUT2D eigenvalue weighted by atomic mass is 16.5. The monoisotopic (exact) mass is 351 g/mol. The van der Waals surface area contributed by atoms with Gasteiger partial charge in [-0.1, -0.05) is 48.5 Å². The lowest BCUT2D eigenvalue weighted by Gasteiger charge is -2.35. The van der Waals surface area contributed by atoms with E-state index in [0.717, 1.165) is 16.8 Å². The van der Waals surface area contributed by atoms with Crippen molar-refractivity contribution in [2.45, 2.75) is 12.3 Å². The summed E-state index contributed by atoms with van der Waals surface area (Å²) in [6, 6.07) is 17.5. The molecule has 2 aliphatic heterocycles. The van der Waals surface area contributed by atoms with Gasteiger partial charge in [0.25, 0.3) is 0 Å². The number of nitrogens with zero attached hydrogens (tertiary/aromatic N) is 1. The maximum Gasteiger partial charge on any atom is 0.308 e. The topological polar surface area (TPSA) is 66.8 Å². The van der Waals surface area contributed by atoms with Gasteiger partial charge in [0.15, 0.2) is 0 Å². The van der Waals surface area contributed by atoms with Crippen LogP contribution >= 0.6 is 0 Å². The molecule has 0 aromatic heterocycles. The van der Waals surface area contributed by atoms with Crippen molar-refractivity contribution in [3.8, 4) is 0 Å². The molecule has 134 valence electrons. The lowest BCUT2D eigenvalue weighted by molar-refractivity contribution is -0.141. The number of fused-ring (bicyclic) bond motifs is 1. The number of hydrogen-bond donors (Lipinski definition) is 1. The first-order chi connectivity index (χ1) is 12.6. The predicted molar refractivity (Wildman–Crippen MR) is 97.1 cm³/mol. The summed E-state index contributed by atoms with van der Waals surface area (Å²) < 4.78 is 5.63. The fourth-order valence-corrected chi connectivity index (χ4v) is 4.00. The molecule has 0 saturated carbocycles. The fraction of sp³-hybridized carbons (Fsp3) is 0.333. The van der Waals surface area contributed by atoms with Crippen LogP contribution in [0.5, 0.6) is 0 Å². The summed E-state index contributed by atoms with van der Waals surface area (Å²) in [6.45, 7) is 1.09. The molecule has 0 aliphatic carbocycles. The van der Waals surface area contributed by atoms with Crippen molar-refractivity contribution in [3.05, 3.63) is 65.7 Å². The van der Waals surface area contributed by atoms with Crippen LogP contribution in [0, 0.1) is 11.8 Å². The Bertz CT molecular complexity index is 820. The molecule has 0 radical (unpaired) electrons. The number of carbonyl (C=O) groups is 2. The molecular formula is C21H21NO4. The Morgan fingerprint density at radius 2 is 1.73 bits per heavy atom. The van der Waals surface area contributed by atoms with Crippen molar-refractivity contribution < 1.29 is 19.4 Å². The zero-order chi connectivity index (χ0) is 18.1. The van der Waals surface area contributed by atoms with Crippen LogP contribution in [0.4, 0.5) is 5.69 Å². The van der Waals surface area contributed by atoms with Gasteiger partial charge >= 0.3 is 5.97 Å². The van der Waals surface area contributed by atoms with E-state index in [0.29, 0.717) is 19.6 Å². The highest BCUT2D eigenvalue weighted by Crippen LogP contribution is 2.36. The predicted octanol–water partition coefficient (Wildman–Crippen LogP) is 2.71. The fourth-order valence-electron chi connectivity index (χ4n) is 4.00. The Morgan fingerprint density at radius 1 is 1.00 bits per heavy atom. The maximum atomic E-state index is 13.4. The van der Waals surface area contributed by atoms with Crippen molar-refractivity contribution in [1.82, 2.24) is 0 Å². The molecule has 2 heterocycles. The van der Waals surface area contributed by atoms with E-state index in [-0.39, 0.29) is 24.3 Å². The number of rotatable bonds is 3. The average molecular weight is 351 g/mol. The Morgan fingerprint density at radius 3 is 2.50 bits per heavy atom. The van der Waals surface area contributed by atoms with Crippen LogP contribution in [0.3, 0.4) is 0 Å². The van der Waals surface area contributed by atoms with E-state index in [4.69, 9.17) is 4.74 Å². The normalized spacial score (nSPS) is 24.9. The molecule has 1 fully saturated rings. The summed E-state index contributed by atoms with van der Waals surface area (Å²) >= 11 is 0. The van der Waals surface area contributed by atoms with E-state index in [1.54, 1.807) is 4.90 Å². The first-order valence-electron chi connectivity index (χ1n) is 8.90. The standard InChI is InChI=1S/C21H21NO4/c23-20(18-13-26-12-17(18)14-6-2-1-3-7-14)22-11-16(21(24)25)10-15-8-4-5-9-19(15)22/h1-9,16-18H,10-13H2,(H,24,25). The van der Waals surface area contributed by atoms with Crippen molar-refractivity contribution >= 4 is 17.6 Å². The molecule has 3 unspecified atom stereocenters. The van der Waals surface area contributed by atoms with Gasteiger partial charge in [0.2, 0.25) is 5.91 Å². The van der Waals surface area contributed by atoms with E-state index in [1.807, 2.05) is 54.6 Å². The van der Waals surface area contributed by atoms with Crippen LogP contribution in [0.2, 0.25) is 0 Å². The summed E-state index contributed by atoms with van der Waals surface area (Å²) in [5, 5.41) is 9.50. The summed E-state index contributed by atoms with van der Waals surface area (Å²) in [5.41, 5.74) is 2.83. The van der Waals surface area contributed by atoms with Crippen molar-refractivity contribution in [3.63, 3.8) is 0 Å². The summed E-state index contributed by atoms with van der Waals surface area (Å²) in [5.74, 6) is -1.78. The van der Waals surface area contributed by atoms with Gasteiger partial charge in [-0.3, -0.25) is 9.59 Å². The largest absolute Gasteiger partial charge is 0.481 e. The number of benzene rings is 2. The highest BCUT2D eigenvalue weighted by Gasteiger charge is 2.41. The number of carboxylic acids is 1. The number of carbonyl (C=O) groups excluding carboxylic acids is 1. The van der Waals surface area contributed by atoms with Gasteiger partial charge < -0.3 is 14.7 Å². The Labute approximate surface area is 152 Å². The van der Waals surface area contributed by atoms with Gasteiger partial charge in [0.05, 0.1) is 25.0 Å². The van der Waals surface area contributed by atoms with Crippen LogP contribution in [0.1, 0.15) is 17.0 Å². The second-order valence-corrected chi connectivity index (χ2v) is 6.98. The molecule has 1 amide bonds.